The summed E-state index contributed by atoms with van der Waals surface area (Å²) in [4.78, 5) is 4.79. The first-order chi connectivity index (χ1) is 9.72. The third-order valence-electron chi connectivity index (χ3n) is 4.10. The lowest BCUT2D eigenvalue weighted by Crippen LogP contribution is -2.11. The lowest BCUT2D eigenvalue weighted by molar-refractivity contribution is 0.514. The lowest BCUT2D eigenvalue weighted by atomic mass is 10.2. The minimum absolute atomic E-state index is 0.574. The number of fused-ring (bicyclic) bond motifs is 1. The summed E-state index contributed by atoms with van der Waals surface area (Å²) in [6.45, 7) is 0. The molecule has 2 aromatic rings. The Labute approximate surface area is 137 Å². The van der Waals surface area contributed by atoms with Crippen LogP contribution in [0, 0.1) is 0 Å². The first kappa shape index (κ1) is 14.7. The van der Waals surface area contributed by atoms with Crippen molar-refractivity contribution in [2.45, 2.75) is 37.0 Å². The van der Waals surface area contributed by atoms with Gasteiger partial charge in [0.1, 0.15) is 5.82 Å². The number of aryl methyl sites for hydroxylation is 1. The van der Waals surface area contributed by atoms with Crippen molar-refractivity contribution in [3.8, 4) is 0 Å². The van der Waals surface area contributed by atoms with E-state index in [0.29, 0.717) is 11.9 Å². The minimum atomic E-state index is 0.574. The molecular formula is C15H18BrClN2S. The molecule has 1 aliphatic carbocycles. The first-order valence-corrected chi connectivity index (χ1v) is 9.59. The SMILES string of the molecule is CSC1CCC(n2c(CCCl)nc3ccc(Br)cc32)C1. The highest BCUT2D eigenvalue weighted by Crippen LogP contribution is 2.39. The molecule has 108 valence electrons. The van der Waals surface area contributed by atoms with Gasteiger partial charge >= 0.3 is 0 Å². The van der Waals surface area contributed by atoms with Gasteiger partial charge in [0.2, 0.25) is 0 Å². The van der Waals surface area contributed by atoms with Crippen LogP contribution in [0.3, 0.4) is 0 Å². The number of alkyl halides is 1. The summed E-state index contributed by atoms with van der Waals surface area (Å²) >= 11 is 11.5. The zero-order valence-corrected chi connectivity index (χ0v) is 14.6. The third-order valence-corrected chi connectivity index (χ3v) is 5.88. The van der Waals surface area contributed by atoms with Gasteiger partial charge in [-0.2, -0.15) is 11.8 Å². The van der Waals surface area contributed by atoms with Gasteiger partial charge in [0.25, 0.3) is 0 Å². The van der Waals surface area contributed by atoms with Gasteiger partial charge < -0.3 is 4.57 Å². The van der Waals surface area contributed by atoms with E-state index in [4.69, 9.17) is 16.6 Å². The molecule has 5 heteroatoms. The van der Waals surface area contributed by atoms with E-state index < -0.39 is 0 Å². The van der Waals surface area contributed by atoms with Crippen LogP contribution in [0.1, 0.15) is 31.1 Å². The molecule has 3 rings (SSSR count). The number of benzene rings is 1. The highest BCUT2D eigenvalue weighted by Gasteiger charge is 2.28. The quantitative estimate of drug-likeness (QED) is 0.699. The molecule has 2 nitrogen and oxygen atoms in total. The number of imidazole rings is 1. The zero-order chi connectivity index (χ0) is 14.1. The normalized spacial score (nSPS) is 22.8. The maximum atomic E-state index is 5.96. The van der Waals surface area contributed by atoms with E-state index >= 15 is 0 Å². The van der Waals surface area contributed by atoms with Crippen LogP contribution >= 0.6 is 39.3 Å². The molecular weight excluding hydrogens is 356 g/mol. The maximum Gasteiger partial charge on any atom is 0.111 e. The van der Waals surface area contributed by atoms with Crippen molar-refractivity contribution in [2.75, 3.05) is 12.1 Å². The van der Waals surface area contributed by atoms with Crippen LogP contribution in [0.2, 0.25) is 0 Å². The minimum Gasteiger partial charge on any atom is -0.325 e. The molecule has 1 aromatic carbocycles. The first-order valence-electron chi connectivity index (χ1n) is 6.98. The second-order valence-corrected chi connectivity index (χ2v) is 7.73. The standard InChI is InChI=1S/C15H18BrClN2S/c1-20-12-4-3-11(9-12)19-14-8-10(16)2-5-13(14)18-15(19)6-7-17/h2,5,8,11-12H,3-4,6-7,9H2,1H3. The number of halogens is 2. The van der Waals surface area contributed by atoms with Gasteiger partial charge in [-0.3, -0.25) is 0 Å². The Morgan fingerprint density at radius 3 is 3.00 bits per heavy atom. The molecule has 0 N–H and O–H groups in total. The van der Waals surface area contributed by atoms with E-state index in [0.717, 1.165) is 27.5 Å². The molecule has 2 atom stereocenters. The van der Waals surface area contributed by atoms with E-state index in [1.165, 1.54) is 24.8 Å². The molecule has 0 aliphatic heterocycles. The van der Waals surface area contributed by atoms with Gasteiger partial charge in [0.05, 0.1) is 11.0 Å². The smallest absolute Gasteiger partial charge is 0.111 e. The Kier molecular flexibility index (Phi) is 4.63. The molecule has 1 saturated carbocycles. The van der Waals surface area contributed by atoms with Gasteiger partial charge in [-0.15, -0.1) is 11.6 Å². The Bertz CT molecular complexity index is 613. The summed E-state index contributed by atoms with van der Waals surface area (Å²) < 4.78 is 3.56. The number of hydrogen-bond acceptors (Lipinski definition) is 2. The zero-order valence-electron chi connectivity index (χ0n) is 11.5. The van der Waals surface area contributed by atoms with E-state index in [1.807, 2.05) is 11.8 Å². The molecule has 1 heterocycles. The Morgan fingerprint density at radius 2 is 2.30 bits per heavy atom. The fourth-order valence-corrected chi connectivity index (χ4v) is 4.45. The predicted molar refractivity (Wildman–Crippen MR) is 92.0 cm³/mol. The van der Waals surface area contributed by atoms with Crippen molar-refractivity contribution in [3.63, 3.8) is 0 Å². The van der Waals surface area contributed by atoms with Crippen molar-refractivity contribution in [2.24, 2.45) is 0 Å². The number of rotatable bonds is 4. The largest absolute Gasteiger partial charge is 0.325 e. The van der Waals surface area contributed by atoms with Crippen molar-refractivity contribution >= 4 is 50.3 Å². The summed E-state index contributed by atoms with van der Waals surface area (Å²) in [6, 6.07) is 6.91. The topological polar surface area (TPSA) is 17.8 Å². The summed E-state index contributed by atoms with van der Waals surface area (Å²) in [5, 5.41) is 0.786. The molecule has 1 aliphatic rings. The lowest BCUT2D eigenvalue weighted by Gasteiger charge is -2.17. The van der Waals surface area contributed by atoms with Crippen LogP contribution in [0.15, 0.2) is 22.7 Å². The van der Waals surface area contributed by atoms with E-state index in [-0.39, 0.29) is 0 Å². The average molecular weight is 374 g/mol. The van der Waals surface area contributed by atoms with Gasteiger partial charge in [-0.05, 0) is 43.7 Å². The number of nitrogens with zero attached hydrogens (tertiary/aromatic N) is 2. The van der Waals surface area contributed by atoms with Crippen molar-refractivity contribution in [1.29, 1.82) is 0 Å². The number of aromatic nitrogens is 2. The molecule has 0 saturated heterocycles. The van der Waals surface area contributed by atoms with Crippen LogP contribution in [0.4, 0.5) is 0 Å². The van der Waals surface area contributed by atoms with E-state index in [2.05, 4.69) is 45.0 Å². The predicted octanol–water partition coefficient (Wildman–Crippen LogP) is 5.04. The molecule has 1 fully saturated rings. The van der Waals surface area contributed by atoms with Crippen molar-refractivity contribution < 1.29 is 0 Å². The maximum absolute atomic E-state index is 5.96. The summed E-state index contributed by atoms with van der Waals surface area (Å²) in [5.41, 5.74) is 2.33. The van der Waals surface area contributed by atoms with Crippen LogP contribution in [0.25, 0.3) is 11.0 Å². The molecule has 20 heavy (non-hydrogen) atoms. The second-order valence-electron chi connectivity index (χ2n) is 5.29. The highest BCUT2D eigenvalue weighted by atomic mass is 79.9. The van der Waals surface area contributed by atoms with Gasteiger partial charge in [0, 0.05) is 28.1 Å². The van der Waals surface area contributed by atoms with Crippen LogP contribution in [-0.2, 0) is 6.42 Å². The average Bonchev–Trinajstić information content (AvgIpc) is 3.02. The van der Waals surface area contributed by atoms with Gasteiger partial charge in [0.15, 0.2) is 0 Å². The third kappa shape index (κ3) is 2.75. The fraction of sp³-hybridized carbons (Fsp3) is 0.533. The molecule has 1 aromatic heterocycles. The van der Waals surface area contributed by atoms with Crippen molar-refractivity contribution in [3.05, 3.63) is 28.5 Å². The fourth-order valence-electron chi connectivity index (χ4n) is 3.15. The van der Waals surface area contributed by atoms with Gasteiger partial charge in [-0.25, -0.2) is 4.98 Å². The van der Waals surface area contributed by atoms with Gasteiger partial charge in [-0.1, -0.05) is 15.9 Å². The van der Waals surface area contributed by atoms with Crippen molar-refractivity contribution in [1.82, 2.24) is 9.55 Å². The molecule has 0 spiro atoms. The van der Waals surface area contributed by atoms with Crippen LogP contribution in [0.5, 0.6) is 0 Å². The molecule has 0 radical (unpaired) electrons. The second kappa shape index (κ2) is 6.29. The molecule has 0 amide bonds. The van der Waals surface area contributed by atoms with E-state index in [9.17, 15) is 0 Å². The summed E-state index contributed by atoms with van der Waals surface area (Å²) in [7, 11) is 0. The Hall–Kier alpha value is -0.190. The van der Waals surface area contributed by atoms with Crippen LogP contribution < -0.4 is 0 Å². The van der Waals surface area contributed by atoms with Crippen LogP contribution in [-0.4, -0.2) is 26.9 Å². The summed E-state index contributed by atoms with van der Waals surface area (Å²) in [6.07, 6.45) is 6.86. The Balaban J connectivity index is 2.06. The Morgan fingerprint density at radius 1 is 1.45 bits per heavy atom. The number of hydrogen-bond donors (Lipinski definition) is 0. The van der Waals surface area contributed by atoms with E-state index in [1.54, 1.807) is 0 Å². The highest BCUT2D eigenvalue weighted by molar-refractivity contribution is 9.10. The number of thioether (sulfide) groups is 1. The molecule has 2 unspecified atom stereocenters. The summed E-state index contributed by atoms with van der Waals surface area (Å²) in [5.74, 6) is 1.77. The molecule has 0 bridgehead atoms. The monoisotopic (exact) mass is 372 g/mol.